The molecular weight excluding hydrogens is 818 g/mol. The van der Waals surface area contributed by atoms with Gasteiger partial charge in [0.05, 0.1) is 13.2 Å². The molecule has 0 bridgehead atoms. The monoisotopic (exact) mass is 906 g/mol. The fraction of sp³-hybridized carbons (Fsp3) is 0.706. The molecule has 0 saturated carbocycles. The second-order valence-electron chi connectivity index (χ2n) is 16.3. The smallest absolute Gasteiger partial charge is 0.472 e. The highest BCUT2D eigenvalue weighted by Gasteiger charge is 2.28. The predicted molar refractivity (Wildman–Crippen MR) is 258 cm³/mol. The Balaban J connectivity index is 3.90. The molecule has 0 fully saturated rings. The number of carboxylic acid groups (broad SMARTS) is 1. The molecule has 11 nitrogen and oxygen atoms in total. The maximum atomic E-state index is 12.4. The van der Waals surface area contributed by atoms with Gasteiger partial charge in [0.1, 0.15) is 12.7 Å². The molecule has 0 radical (unpaired) electrons. The van der Waals surface area contributed by atoms with E-state index in [0.29, 0.717) is 12.8 Å². The van der Waals surface area contributed by atoms with Crippen LogP contribution in [0.25, 0.3) is 0 Å². The lowest BCUT2D eigenvalue weighted by atomic mass is 10.1. The zero-order valence-corrected chi connectivity index (χ0v) is 40.3. The van der Waals surface area contributed by atoms with Gasteiger partial charge in [0.25, 0.3) is 0 Å². The molecule has 0 aliphatic carbocycles. The standard InChI is InChI=1S/C51H88NO10P/c1-3-5-7-9-11-13-15-17-19-21-22-23-24-25-26-27-28-30-32-34-36-38-40-42-49(54)52-48(51(56)57)46-62-63(58,59)61-45-47(53)44-60-50(55)43-41-39-37-35-33-31-29-20-18-16-14-12-10-8-6-4-2/h5,7,11,13,17,19-20,22-23,25-26,29,47-48,53H,3-4,6,8-10,12,14-16,18,21,24,27-28,30-46H2,1-2H3,(H,52,54)(H,56,57)(H,58,59)/b7-5-,13-11-,19-17-,23-22-,26-25-,29-20-. The number of hydrogen-bond acceptors (Lipinski definition) is 8. The van der Waals surface area contributed by atoms with Crippen LogP contribution in [0, 0.1) is 0 Å². The number of carbonyl (C=O) groups is 3. The van der Waals surface area contributed by atoms with Gasteiger partial charge in [-0.25, -0.2) is 9.36 Å². The van der Waals surface area contributed by atoms with Crippen molar-refractivity contribution in [2.75, 3.05) is 19.8 Å². The number of aliphatic carboxylic acids is 1. The molecule has 4 N–H and O–H groups in total. The van der Waals surface area contributed by atoms with Gasteiger partial charge >= 0.3 is 19.8 Å². The van der Waals surface area contributed by atoms with Crippen LogP contribution in [0.1, 0.15) is 200 Å². The normalized spacial score (nSPS) is 14.2. The Labute approximate surface area is 382 Å². The number of amides is 1. The number of carbonyl (C=O) groups excluding carboxylic acids is 2. The molecule has 0 saturated heterocycles. The molecule has 12 heteroatoms. The third-order valence-electron chi connectivity index (χ3n) is 10.2. The molecule has 1 amide bonds. The van der Waals surface area contributed by atoms with Crippen LogP contribution in [0.3, 0.4) is 0 Å². The van der Waals surface area contributed by atoms with E-state index in [0.717, 1.165) is 116 Å². The number of allylic oxidation sites excluding steroid dienone is 12. The van der Waals surface area contributed by atoms with Gasteiger partial charge in [-0.2, -0.15) is 0 Å². The summed E-state index contributed by atoms with van der Waals surface area (Å²) < 4.78 is 26.9. The maximum absolute atomic E-state index is 12.4. The number of esters is 1. The fourth-order valence-electron chi connectivity index (χ4n) is 6.45. The van der Waals surface area contributed by atoms with Crippen molar-refractivity contribution in [2.45, 2.75) is 212 Å². The molecule has 0 rings (SSSR count). The number of phosphoric ester groups is 1. The van der Waals surface area contributed by atoms with Crippen molar-refractivity contribution in [3.8, 4) is 0 Å². The average molecular weight is 906 g/mol. The fourth-order valence-corrected chi connectivity index (χ4v) is 7.23. The van der Waals surface area contributed by atoms with E-state index < -0.39 is 57.6 Å². The summed E-state index contributed by atoms with van der Waals surface area (Å²) in [6.45, 7) is 2.47. The Kier molecular flexibility index (Phi) is 43.3. The van der Waals surface area contributed by atoms with Crippen LogP contribution in [-0.4, -0.2) is 64.9 Å². The van der Waals surface area contributed by atoms with Crippen LogP contribution >= 0.6 is 7.82 Å². The Morgan fingerprint density at radius 1 is 0.524 bits per heavy atom. The van der Waals surface area contributed by atoms with Crippen LogP contribution in [0.2, 0.25) is 0 Å². The molecule has 0 heterocycles. The molecule has 0 aromatic heterocycles. The van der Waals surface area contributed by atoms with E-state index in [1.807, 2.05) is 0 Å². The average Bonchev–Trinajstić information content (AvgIpc) is 3.26. The van der Waals surface area contributed by atoms with Crippen LogP contribution in [0.15, 0.2) is 72.9 Å². The maximum Gasteiger partial charge on any atom is 0.472 e. The van der Waals surface area contributed by atoms with Gasteiger partial charge in [-0.15, -0.1) is 0 Å². The Morgan fingerprint density at radius 2 is 0.921 bits per heavy atom. The second-order valence-corrected chi connectivity index (χ2v) is 17.7. The Bertz CT molecular complexity index is 1340. The number of unbranched alkanes of at least 4 members (excludes halogenated alkanes) is 19. The summed E-state index contributed by atoms with van der Waals surface area (Å²) in [6, 6.07) is -1.56. The van der Waals surface area contributed by atoms with Crippen LogP contribution in [-0.2, 0) is 32.7 Å². The molecule has 0 aliphatic rings. The highest BCUT2D eigenvalue weighted by atomic mass is 31.2. The van der Waals surface area contributed by atoms with E-state index in [9.17, 15) is 34.1 Å². The molecule has 0 aromatic carbocycles. The molecule has 0 spiro atoms. The van der Waals surface area contributed by atoms with Gasteiger partial charge in [-0.1, -0.05) is 177 Å². The van der Waals surface area contributed by atoms with Gasteiger partial charge in [0.2, 0.25) is 5.91 Å². The van der Waals surface area contributed by atoms with Crippen molar-refractivity contribution in [3.63, 3.8) is 0 Å². The lowest BCUT2D eigenvalue weighted by Gasteiger charge is -2.18. The number of ether oxygens (including phenoxy) is 1. The number of rotatable bonds is 45. The van der Waals surface area contributed by atoms with Gasteiger partial charge in [0.15, 0.2) is 6.04 Å². The lowest BCUT2D eigenvalue weighted by molar-refractivity contribution is -0.147. The highest BCUT2D eigenvalue weighted by molar-refractivity contribution is 7.47. The molecule has 362 valence electrons. The predicted octanol–water partition coefficient (Wildman–Crippen LogP) is 13.3. The van der Waals surface area contributed by atoms with Gasteiger partial charge in [-0.3, -0.25) is 18.6 Å². The molecule has 0 aliphatic heterocycles. The zero-order chi connectivity index (χ0) is 46.3. The first-order valence-corrected chi connectivity index (χ1v) is 26.0. The summed E-state index contributed by atoms with van der Waals surface area (Å²) in [7, 11) is -4.77. The summed E-state index contributed by atoms with van der Waals surface area (Å²) in [4.78, 5) is 46.1. The van der Waals surface area contributed by atoms with Gasteiger partial charge < -0.3 is 25.2 Å². The van der Waals surface area contributed by atoms with Crippen molar-refractivity contribution in [2.24, 2.45) is 0 Å². The number of phosphoric acid groups is 1. The summed E-state index contributed by atoms with van der Waals surface area (Å²) in [5.41, 5.74) is 0. The summed E-state index contributed by atoms with van der Waals surface area (Å²) >= 11 is 0. The third-order valence-corrected chi connectivity index (χ3v) is 11.2. The van der Waals surface area contributed by atoms with E-state index in [1.165, 1.54) is 44.9 Å². The van der Waals surface area contributed by atoms with Crippen molar-refractivity contribution < 1.29 is 47.8 Å². The van der Waals surface area contributed by atoms with E-state index in [2.05, 4.69) is 92.1 Å². The Hall–Kier alpha value is -3.08. The summed E-state index contributed by atoms with van der Waals surface area (Å²) in [5.74, 6) is -2.40. The minimum atomic E-state index is -4.77. The van der Waals surface area contributed by atoms with Crippen LogP contribution in [0.5, 0.6) is 0 Å². The van der Waals surface area contributed by atoms with E-state index in [4.69, 9.17) is 13.8 Å². The second kappa shape index (κ2) is 45.5. The molecule has 3 unspecified atom stereocenters. The number of aliphatic hydroxyl groups is 1. The molecule has 63 heavy (non-hydrogen) atoms. The molecule has 3 atom stereocenters. The van der Waals surface area contributed by atoms with Crippen molar-refractivity contribution in [1.29, 1.82) is 0 Å². The number of aliphatic hydroxyl groups excluding tert-OH is 1. The van der Waals surface area contributed by atoms with Gasteiger partial charge in [-0.05, 0) is 83.5 Å². The number of hydrogen-bond donors (Lipinski definition) is 4. The molecular formula is C51H88NO10P. The van der Waals surface area contributed by atoms with Crippen molar-refractivity contribution in [1.82, 2.24) is 5.32 Å². The van der Waals surface area contributed by atoms with Crippen molar-refractivity contribution >= 4 is 25.7 Å². The minimum absolute atomic E-state index is 0.128. The van der Waals surface area contributed by atoms with E-state index in [-0.39, 0.29) is 12.8 Å². The largest absolute Gasteiger partial charge is 0.480 e. The van der Waals surface area contributed by atoms with E-state index in [1.54, 1.807) is 0 Å². The highest BCUT2D eigenvalue weighted by Crippen LogP contribution is 2.43. The first-order chi connectivity index (χ1) is 30.6. The summed E-state index contributed by atoms with van der Waals surface area (Å²) in [6.07, 6.45) is 54.9. The number of carboxylic acids is 1. The first kappa shape index (κ1) is 59.9. The number of nitrogens with one attached hydrogen (secondary N) is 1. The zero-order valence-electron chi connectivity index (χ0n) is 39.4. The topological polar surface area (TPSA) is 169 Å². The quantitative estimate of drug-likeness (QED) is 0.0200. The minimum Gasteiger partial charge on any atom is -0.480 e. The van der Waals surface area contributed by atoms with Crippen LogP contribution < -0.4 is 5.32 Å². The third kappa shape index (κ3) is 45.3. The van der Waals surface area contributed by atoms with Crippen LogP contribution in [0.4, 0.5) is 0 Å². The van der Waals surface area contributed by atoms with Crippen molar-refractivity contribution in [3.05, 3.63) is 72.9 Å². The first-order valence-electron chi connectivity index (χ1n) is 24.5. The Morgan fingerprint density at radius 3 is 1.40 bits per heavy atom. The molecule has 0 aromatic rings. The SMILES string of the molecule is CC/C=C\C/C=C\C/C=C\C/C=C\C/C=C\CCCCCCCCCC(=O)NC(COP(=O)(O)OCC(O)COC(=O)CCCCCCC/C=C\CCCCCCCCC)C(=O)O. The van der Waals surface area contributed by atoms with E-state index >= 15 is 0 Å². The lowest BCUT2D eigenvalue weighted by Crippen LogP contribution is -2.43. The van der Waals surface area contributed by atoms with Gasteiger partial charge in [0, 0.05) is 12.8 Å². The summed E-state index contributed by atoms with van der Waals surface area (Å²) in [5, 5.41) is 21.9.